The van der Waals surface area contributed by atoms with E-state index in [-0.39, 0.29) is 11.1 Å². The fraction of sp³-hybridized carbons (Fsp3) is 0.667. The second-order valence-electron chi connectivity index (χ2n) is 8.01. The van der Waals surface area contributed by atoms with Gasteiger partial charge in [0.05, 0.1) is 6.10 Å². The van der Waals surface area contributed by atoms with Crippen molar-refractivity contribution in [2.75, 3.05) is 13.1 Å². The Hall–Kier alpha value is -0.713. The van der Waals surface area contributed by atoms with Gasteiger partial charge in [0.15, 0.2) is 8.32 Å². The third-order valence-corrected chi connectivity index (χ3v) is 9.49. The lowest BCUT2D eigenvalue weighted by molar-refractivity contribution is 0.0291. The number of rotatable bonds is 4. The smallest absolute Gasteiger partial charge is 0.192 e. The summed E-state index contributed by atoms with van der Waals surface area (Å²) in [4.78, 5) is 2.20. The number of likely N-dealkylation sites (tertiary alicyclic amines) is 1. The fourth-order valence-electron chi connectivity index (χ4n) is 2.73. The van der Waals surface area contributed by atoms with Gasteiger partial charge < -0.3 is 4.43 Å². The van der Waals surface area contributed by atoms with Crippen LogP contribution in [0.5, 0.6) is 0 Å². The van der Waals surface area contributed by atoms with Gasteiger partial charge >= 0.3 is 0 Å². The van der Waals surface area contributed by atoms with E-state index in [9.17, 15) is 4.39 Å². The third kappa shape index (κ3) is 4.64. The Labute approximate surface area is 135 Å². The minimum Gasteiger partial charge on any atom is -0.413 e. The minimum atomic E-state index is -1.84. The van der Waals surface area contributed by atoms with E-state index < -0.39 is 14.5 Å². The van der Waals surface area contributed by atoms with E-state index in [0.29, 0.717) is 13.0 Å². The summed E-state index contributed by atoms with van der Waals surface area (Å²) in [6, 6.07) is 10.3. The van der Waals surface area contributed by atoms with E-state index in [2.05, 4.69) is 50.9 Å². The summed E-state index contributed by atoms with van der Waals surface area (Å²) in [6.07, 6.45) is -0.224. The molecule has 0 amide bonds. The molecule has 1 aliphatic heterocycles. The lowest BCUT2D eigenvalue weighted by Crippen LogP contribution is -2.51. The lowest BCUT2D eigenvalue weighted by atomic mass is 10.1. The number of piperidine rings is 1. The van der Waals surface area contributed by atoms with E-state index in [1.54, 1.807) is 0 Å². The van der Waals surface area contributed by atoms with Gasteiger partial charge in [-0.25, -0.2) is 4.39 Å². The molecule has 2 atom stereocenters. The average molecular weight is 324 g/mol. The molecule has 2 nitrogen and oxygen atoms in total. The predicted molar refractivity (Wildman–Crippen MR) is 93.3 cm³/mol. The molecule has 22 heavy (non-hydrogen) atoms. The minimum absolute atomic E-state index is 0.0216. The molecule has 0 aliphatic carbocycles. The summed E-state index contributed by atoms with van der Waals surface area (Å²) in [5, 5.41) is 0.167. The van der Waals surface area contributed by atoms with Crippen LogP contribution in [0.3, 0.4) is 0 Å². The maximum atomic E-state index is 14.2. The van der Waals surface area contributed by atoms with Crippen molar-refractivity contribution >= 4 is 8.32 Å². The normalized spacial score (nSPS) is 24.5. The van der Waals surface area contributed by atoms with Crippen molar-refractivity contribution in [3.05, 3.63) is 35.9 Å². The standard InChI is InChI=1S/C18H30FNOSi/c1-18(2,3)22(4,5)21-17-11-16(19)13-20(14-17)12-15-9-7-6-8-10-15/h6-10,16-17H,11-14H2,1-5H3/t16-,17-/m0/s1. The number of nitrogens with zero attached hydrogens (tertiary/aromatic N) is 1. The Morgan fingerprint density at radius 1 is 1.18 bits per heavy atom. The highest BCUT2D eigenvalue weighted by Gasteiger charge is 2.41. The van der Waals surface area contributed by atoms with Crippen molar-refractivity contribution in [1.82, 2.24) is 4.90 Å². The SMILES string of the molecule is CC(C)(C)[Si](C)(C)O[C@H]1C[C@H](F)CN(Cc2ccccc2)C1. The topological polar surface area (TPSA) is 12.5 Å². The molecule has 124 valence electrons. The summed E-state index contributed by atoms with van der Waals surface area (Å²) in [6.45, 7) is 13.4. The first-order chi connectivity index (χ1) is 10.2. The summed E-state index contributed by atoms with van der Waals surface area (Å²) in [5.74, 6) is 0. The molecular weight excluding hydrogens is 293 g/mol. The van der Waals surface area contributed by atoms with Crippen LogP contribution in [0.4, 0.5) is 4.39 Å². The van der Waals surface area contributed by atoms with Crippen LogP contribution in [0.15, 0.2) is 30.3 Å². The van der Waals surface area contributed by atoms with E-state index in [4.69, 9.17) is 4.43 Å². The fourth-order valence-corrected chi connectivity index (χ4v) is 4.08. The highest BCUT2D eigenvalue weighted by molar-refractivity contribution is 6.74. The van der Waals surface area contributed by atoms with Gasteiger partial charge in [-0.2, -0.15) is 0 Å². The van der Waals surface area contributed by atoms with Crippen molar-refractivity contribution in [2.45, 2.75) is 64.1 Å². The molecule has 1 aromatic carbocycles. The maximum absolute atomic E-state index is 14.2. The molecule has 1 aromatic rings. The molecule has 1 heterocycles. The van der Waals surface area contributed by atoms with Crippen LogP contribution in [0.1, 0.15) is 32.8 Å². The van der Waals surface area contributed by atoms with Crippen molar-refractivity contribution in [1.29, 1.82) is 0 Å². The highest BCUT2D eigenvalue weighted by Crippen LogP contribution is 2.38. The highest BCUT2D eigenvalue weighted by atomic mass is 28.4. The van der Waals surface area contributed by atoms with Gasteiger partial charge in [0.25, 0.3) is 0 Å². The van der Waals surface area contributed by atoms with Gasteiger partial charge in [-0.05, 0) is 23.7 Å². The molecule has 1 fully saturated rings. The largest absolute Gasteiger partial charge is 0.413 e. The monoisotopic (exact) mass is 323 g/mol. The van der Waals surface area contributed by atoms with Gasteiger partial charge in [-0.3, -0.25) is 4.90 Å². The Morgan fingerprint density at radius 3 is 2.41 bits per heavy atom. The van der Waals surface area contributed by atoms with Gasteiger partial charge in [0.2, 0.25) is 0 Å². The molecule has 0 spiro atoms. The first kappa shape index (κ1) is 17.6. The predicted octanol–water partition coefficient (Wildman–Crippen LogP) is 4.62. The Kier molecular flexibility index (Phi) is 5.46. The molecule has 1 saturated heterocycles. The van der Waals surface area contributed by atoms with Crippen LogP contribution in [0.25, 0.3) is 0 Å². The van der Waals surface area contributed by atoms with Crippen molar-refractivity contribution in [3.63, 3.8) is 0 Å². The molecular formula is C18H30FNOSi. The molecule has 0 saturated carbocycles. The van der Waals surface area contributed by atoms with Crippen LogP contribution >= 0.6 is 0 Å². The van der Waals surface area contributed by atoms with Crippen molar-refractivity contribution < 1.29 is 8.82 Å². The van der Waals surface area contributed by atoms with Gasteiger partial charge in [0.1, 0.15) is 6.17 Å². The van der Waals surface area contributed by atoms with Crippen LogP contribution in [0.2, 0.25) is 18.1 Å². The second-order valence-corrected chi connectivity index (χ2v) is 12.8. The molecule has 0 bridgehead atoms. The molecule has 0 radical (unpaired) electrons. The number of halogens is 1. The number of hydrogen-bond acceptors (Lipinski definition) is 2. The van der Waals surface area contributed by atoms with E-state index in [1.807, 2.05) is 18.2 Å². The Morgan fingerprint density at radius 2 is 1.82 bits per heavy atom. The summed E-state index contributed by atoms with van der Waals surface area (Å²) >= 11 is 0. The summed E-state index contributed by atoms with van der Waals surface area (Å²) in [7, 11) is -1.84. The average Bonchev–Trinajstić information content (AvgIpc) is 2.37. The maximum Gasteiger partial charge on any atom is 0.192 e. The van der Waals surface area contributed by atoms with Gasteiger partial charge in [0, 0.05) is 26.1 Å². The molecule has 0 aromatic heterocycles. The van der Waals surface area contributed by atoms with Crippen LogP contribution in [-0.2, 0) is 11.0 Å². The zero-order valence-electron chi connectivity index (χ0n) is 14.6. The Balaban J connectivity index is 1.99. The zero-order chi connectivity index (χ0) is 16.4. The summed E-state index contributed by atoms with van der Waals surface area (Å²) in [5.41, 5.74) is 1.24. The molecule has 0 unspecified atom stereocenters. The first-order valence-electron chi connectivity index (χ1n) is 8.25. The first-order valence-corrected chi connectivity index (χ1v) is 11.2. The van der Waals surface area contributed by atoms with E-state index >= 15 is 0 Å². The van der Waals surface area contributed by atoms with Crippen LogP contribution < -0.4 is 0 Å². The Bertz CT molecular complexity index is 472. The van der Waals surface area contributed by atoms with E-state index in [0.717, 1.165) is 13.1 Å². The molecule has 4 heteroatoms. The zero-order valence-corrected chi connectivity index (χ0v) is 15.6. The number of hydrogen-bond donors (Lipinski definition) is 0. The van der Waals surface area contributed by atoms with Crippen molar-refractivity contribution in [2.24, 2.45) is 0 Å². The number of alkyl halides is 1. The quantitative estimate of drug-likeness (QED) is 0.750. The number of benzene rings is 1. The van der Waals surface area contributed by atoms with Crippen molar-refractivity contribution in [3.8, 4) is 0 Å². The summed E-state index contributed by atoms with van der Waals surface area (Å²) < 4.78 is 20.6. The molecule has 2 rings (SSSR count). The van der Waals surface area contributed by atoms with Crippen LogP contribution in [-0.4, -0.2) is 38.6 Å². The van der Waals surface area contributed by atoms with Gasteiger partial charge in [-0.1, -0.05) is 51.1 Å². The lowest BCUT2D eigenvalue weighted by Gasteiger charge is -2.43. The second kappa shape index (κ2) is 6.81. The molecule has 1 aliphatic rings. The third-order valence-electron chi connectivity index (χ3n) is 4.95. The van der Waals surface area contributed by atoms with E-state index in [1.165, 1.54) is 5.56 Å². The molecule has 0 N–H and O–H groups in total. The van der Waals surface area contributed by atoms with Gasteiger partial charge in [-0.15, -0.1) is 0 Å². The van der Waals surface area contributed by atoms with Crippen LogP contribution in [0, 0.1) is 0 Å².